The van der Waals surface area contributed by atoms with Crippen LogP contribution in [0.3, 0.4) is 0 Å². The van der Waals surface area contributed by atoms with Crippen molar-refractivity contribution in [1.29, 1.82) is 0 Å². The fraction of sp³-hybridized carbons (Fsp3) is 1.00. The molecule has 210 valence electrons. The quantitative estimate of drug-likeness (QED) is 0.0705. The minimum absolute atomic E-state index is 0.0926. The van der Waals surface area contributed by atoms with Gasteiger partial charge >= 0.3 is 124 Å². The van der Waals surface area contributed by atoms with Crippen molar-refractivity contribution < 1.29 is 34.7 Å². The second-order valence-electron chi connectivity index (χ2n) is 9.06. The van der Waals surface area contributed by atoms with Crippen LogP contribution in [0, 0.1) is 0 Å². The van der Waals surface area contributed by atoms with Crippen molar-refractivity contribution in [2.75, 3.05) is 6.61 Å². The topological polar surface area (TPSA) is 138 Å². The molecule has 0 aromatic rings. The molecule has 0 aromatic carbocycles. The summed E-state index contributed by atoms with van der Waals surface area (Å²) >= 11 is 1.41. The molecule has 0 bridgehead atoms. The normalized spacial score (nSPS) is 11.4. The van der Waals surface area contributed by atoms with E-state index in [1.165, 1.54) is 141 Å². The molecule has 0 saturated carbocycles. The molecule has 0 aromatic heterocycles. The first-order valence-electron chi connectivity index (χ1n) is 13.8. The zero-order valence-corrected chi connectivity index (χ0v) is 26.4. The van der Waals surface area contributed by atoms with E-state index >= 15 is 0 Å². The minimum atomic E-state index is -4.67. The van der Waals surface area contributed by atoms with Crippen LogP contribution in [0.4, 0.5) is 0 Å². The van der Waals surface area contributed by atoms with Crippen LogP contribution < -0.4 is 0 Å². The minimum Gasteiger partial charge on any atom is -0.264 e. The number of unbranched alkanes of at least 4 members (excludes halogenated alkanes) is 18. The Morgan fingerprint density at radius 2 is 0.771 bits per heavy atom. The van der Waals surface area contributed by atoms with Crippen LogP contribution >= 0.6 is 0 Å². The second kappa shape index (κ2) is 31.0. The van der Waals surface area contributed by atoms with E-state index in [1.54, 1.807) is 0 Å². The van der Waals surface area contributed by atoms with Crippen molar-refractivity contribution >= 4 is 48.7 Å². The summed E-state index contributed by atoms with van der Waals surface area (Å²) in [6.07, 6.45) is 26.6. The first-order chi connectivity index (χ1) is 16.5. The fourth-order valence-corrected chi connectivity index (χ4v) is 4.32. The second-order valence-corrected chi connectivity index (χ2v) is 12.0. The Labute approximate surface area is 234 Å². The molecule has 0 amide bonds. The summed E-state index contributed by atoms with van der Waals surface area (Å²) in [5.41, 5.74) is 0. The van der Waals surface area contributed by atoms with Gasteiger partial charge in [-0.1, -0.05) is 64.7 Å². The van der Waals surface area contributed by atoms with Gasteiger partial charge in [0.25, 0.3) is 0 Å². The van der Waals surface area contributed by atoms with Gasteiger partial charge in [0.2, 0.25) is 0 Å². The molecule has 0 aliphatic rings. The van der Waals surface area contributed by atoms with E-state index in [2.05, 4.69) is 18.0 Å². The Bertz CT molecular complexity index is 581. The molecule has 3 N–H and O–H groups in total. The van der Waals surface area contributed by atoms with Gasteiger partial charge in [-0.3, -0.25) is 13.7 Å². The molecule has 0 unspecified atom stereocenters. The van der Waals surface area contributed by atoms with Gasteiger partial charge in [-0.25, -0.2) is 4.18 Å². The van der Waals surface area contributed by atoms with Gasteiger partial charge in [-0.15, -0.1) is 0 Å². The molecule has 35 heavy (non-hydrogen) atoms. The molecule has 8 nitrogen and oxygen atoms in total. The monoisotopic (exact) mass is 556 g/mol. The smallest absolute Gasteiger partial charge is 0.264 e. The molecular weight excluding hydrogens is 503 g/mol. The maximum Gasteiger partial charge on any atom is 0.394 e. The third-order valence-electron chi connectivity index (χ3n) is 5.44. The van der Waals surface area contributed by atoms with Crippen molar-refractivity contribution in [3.05, 3.63) is 0 Å². The molecule has 0 atom stereocenters. The van der Waals surface area contributed by atoms with Crippen LogP contribution in [0.1, 0.15) is 142 Å². The van der Waals surface area contributed by atoms with Crippen LogP contribution in [0.2, 0.25) is 3.67 Å². The fourth-order valence-electron chi connectivity index (χ4n) is 3.49. The third-order valence-corrected chi connectivity index (χ3v) is 6.61. The van der Waals surface area contributed by atoms with Crippen LogP contribution in [0.15, 0.2) is 0 Å². The standard InChI is InChI=1S/C12H26O4S.C12H25.Na.H2O4S/c1-2-3-4-5-6-7-8-9-10-11-12-16-17(13,14)15;1-3-5-7-9-11-12-10-8-6-4-2;;1-5(2,3)4/h2-12H2,1H3,(H,13,14,15);1,3-12H2,2H3;;(H2,1,2,3,4). The van der Waals surface area contributed by atoms with Gasteiger partial charge in [0.15, 0.2) is 0 Å². The van der Waals surface area contributed by atoms with Crippen molar-refractivity contribution in [3.8, 4) is 0 Å². The zero-order valence-electron chi connectivity index (χ0n) is 22.8. The maximum atomic E-state index is 10.2. The van der Waals surface area contributed by atoms with Gasteiger partial charge in [0.1, 0.15) is 0 Å². The SMILES string of the molecule is CCCCCCCCCCCCOS(=O)(=O)O.CCCCCCCCCCC[CH2][Na].O=S(=O)(O)O. The first-order valence-corrected chi connectivity index (χ1v) is 18.0. The molecule has 0 fully saturated rings. The Balaban J connectivity index is -0.000000502. The molecule has 0 aliphatic carbocycles. The van der Waals surface area contributed by atoms with Crippen molar-refractivity contribution in [2.45, 2.75) is 146 Å². The Kier molecular flexibility index (Phi) is 35.6. The number of rotatable bonds is 22. The Hall–Kier alpha value is 0.740. The van der Waals surface area contributed by atoms with E-state index in [4.69, 9.17) is 22.1 Å². The predicted octanol–water partition coefficient (Wildman–Crippen LogP) is 7.57. The number of hydrogen-bond acceptors (Lipinski definition) is 5. The molecule has 0 saturated heterocycles. The van der Waals surface area contributed by atoms with Crippen molar-refractivity contribution in [2.24, 2.45) is 0 Å². The summed E-state index contributed by atoms with van der Waals surface area (Å²) in [6, 6.07) is 0. The number of hydrogen-bond donors (Lipinski definition) is 3. The van der Waals surface area contributed by atoms with Crippen LogP contribution in [-0.2, 0) is 25.0 Å². The molecule has 11 heteroatoms. The third kappa shape index (κ3) is 60.8. The molecule has 0 spiro atoms. The summed E-state index contributed by atoms with van der Waals surface area (Å²) in [6.45, 7) is 4.60. The summed E-state index contributed by atoms with van der Waals surface area (Å²) in [4.78, 5) is 0. The van der Waals surface area contributed by atoms with Gasteiger partial charge in [-0.05, 0) is 6.42 Å². The Morgan fingerprint density at radius 1 is 0.514 bits per heavy atom. The van der Waals surface area contributed by atoms with E-state index in [0.29, 0.717) is 6.42 Å². The van der Waals surface area contributed by atoms with E-state index in [1.807, 2.05) is 0 Å². The Morgan fingerprint density at radius 3 is 1.03 bits per heavy atom. The van der Waals surface area contributed by atoms with E-state index in [0.717, 1.165) is 12.8 Å². The van der Waals surface area contributed by atoms with Crippen LogP contribution in [0.5, 0.6) is 0 Å². The van der Waals surface area contributed by atoms with Gasteiger partial charge in [0.05, 0.1) is 6.61 Å². The van der Waals surface area contributed by atoms with Gasteiger partial charge < -0.3 is 0 Å². The van der Waals surface area contributed by atoms with Crippen molar-refractivity contribution in [3.63, 3.8) is 0 Å². The van der Waals surface area contributed by atoms with E-state index in [-0.39, 0.29) is 6.61 Å². The molecule has 0 rings (SSSR count). The molecule has 0 aliphatic heterocycles. The zero-order chi connectivity index (χ0) is 27.3. The van der Waals surface area contributed by atoms with E-state index in [9.17, 15) is 8.42 Å². The molecular formula is C24H53NaO8S2. The van der Waals surface area contributed by atoms with Crippen molar-refractivity contribution in [1.82, 2.24) is 0 Å². The average molecular weight is 557 g/mol. The van der Waals surface area contributed by atoms with E-state index < -0.39 is 20.8 Å². The summed E-state index contributed by atoms with van der Waals surface area (Å²) in [5, 5.41) is 0. The first kappa shape index (κ1) is 40.2. The molecule has 0 radical (unpaired) electrons. The molecule has 0 heterocycles. The maximum absolute atomic E-state index is 10.2. The van der Waals surface area contributed by atoms with Gasteiger partial charge in [0, 0.05) is 0 Å². The summed E-state index contributed by atoms with van der Waals surface area (Å²) in [5.74, 6) is 0. The average Bonchev–Trinajstić information content (AvgIpc) is 2.75. The summed E-state index contributed by atoms with van der Waals surface area (Å²) < 4.78 is 66.1. The van der Waals surface area contributed by atoms with Crippen LogP contribution in [-0.4, -0.2) is 65.0 Å². The summed E-state index contributed by atoms with van der Waals surface area (Å²) in [7, 11) is -8.90. The van der Waals surface area contributed by atoms with Crippen LogP contribution in [0.25, 0.3) is 0 Å². The van der Waals surface area contributed by atoms with Gasteiger partial charge in [-0.2, -0.15) is 16.8 Å². The predicted molar refractivity (Wildman–Crippen MR) is 146 cm³/mol. The largest absolute Gasteiger partial charge is 0.394 e.